The molecule has 33 heavy (non-hydrogen) atoms. The van der Waals surface area contributed by atoms with E-state index in [0.717, 1.165) is 36.2 Å². The maximum absolute atomic E-state index is 12.8. The fourth-order valence-corrected chi connectivity index (χ4v) is 4.09. The van der Waals surface area contributed by atoms with Gasteiger partial charge in [0.2, 0.25) is 11.9 Å². The summed E-state index contributed by atoms with van der Waals surface area (Å²) >= 11 is 0. The van der Waals surface area contributed by atoms with Crippen LogP contribution in [0.5, 0.6) is 0 Å². The predicted octanol–water partition coefficient (Wildman–Crippen LogP) is 3.87. The zero-order chi connectivity index (χ0) is 23.4. The number of aromatic nitrogens is 2. The van der Waals surface area contributed by atoms with E-state index in [0.29, 0.717) is 17.3 Å². The van der Waals surface area contributed by atoms with Gasteiger partial charge in [-0.15, -0.1) is 0 Å². The van der Waals surface area contributed by atoms with Gasteiger partial charge in [-0.05, 0) is 56.2 Å². The number of hydrogen-bond donors (Lipinski definition) is 3. The molecule has 8 nitrogen and oxygen atoms in total. The van der Waals surface area contributed by atoms with Gasteiger partial charge in [0.15, 0.2) is 0 Å². The molecule has 0 aliphatic heterocycles. The summed E-state index contributed by atoms with van der Waals surface area (Å²) in [5, 5.41) is 6.56. The molecule has 2 amide bonds. The fraction of sp³-hybridized carbons (Fsp3) is 0.280. The number of carbonyl (C=O) groups is 2. The number of aryl methyl sites for hydroxylation is 1. The van der Waals surface area contributed by atoms with Crippen LogP contribution in [0.15, 0.2) is 60.8 Å². The van der Waals surface area contributed by atoms with Gasteiger partial charge < -0.3 is 21.3 Å². The molecule has 1 aliphatic carbocycles. The topological polar surface area (TPSA) is 113 Å². The van der Waals surface area contributed by atoms with Crippen LogP contribution in [0.2, 0.25) is 0 Å². The maximum atomic E-state index is 12.8. The molecule has 1 aliphatic rings. The Hall–Kier alpha value is -3.94. The van der Waals surface area contributed by atoms with Crippen LogP contribution < -0.4 is 21.3 Å². The number of carbonyl (C=O) groups excluding carboxylic acids is 2. The molecule has 0 spiro atoms. The van der Waals surface area contributed by atoms with E-state index in [1.165, 1.54) is 0 Å². The summed E-state index contributed by atoms with van der Waals surface area (Å²) < 4.78 is 0. The Labute approximate surface area is 193 Å². The lowest BCUT2D eigenvalue weighted by atomic mass is 10.0. The van der Waals surface area contributed by atoms with E-state index < -0.39 is 0 Å². The lowest BCUT2D eigenvalue weighted by Crippen LogP contribution is -2.34. The smallest absolute Gasteiger partial charge is 0.258 e. The van der Waals surface area contributed by atoms with Crippen molar-refractivity contribution < 1.29 is 9.59 Å². The molecule has 2 aromatic carbocycles. The molecule has 1 heterocycles. The average molecular weight is 445 g/mol. The Morgan fingerprint density at radius 1 is 1.06 bits per heavy atom. The van der Waals surface area contributed by atoms with Crippen molar-refractivity contribution in [3.8, 4) is 0 Å². The first-order valence-corrected chi connectivity index (χ1v) is 11.0. The largest absolute Gasteiger partial charge is 0.369 e. The van der Waals surface area contributed by atoms with Crippen LogP contribution in [0.3, 0.4) is 0 Å². The standard InChI is InChI=1S/C25H28N6O2/c1-16-15-27-25(30-23(16)29-21-10-6-9-20(21)22(26)32)28-18-13-11-17(12-14-18)24(33)31(2)19-7-4-3-5-8-19/h3-5,7-8,11-15,20-21H,6,9-10H2,1-2H3,(H2,26,32)(H2,27,28,29,30)/t20-,21+/m0/s1. The highest BCUT2D eigenvalue weighted by molar-refractivity contribution is 6.05. The highest BCUT2D eigenvalue weighted by atomic mass is 16.2. The second kappa shape index (κ2) is 9.68. The molecule has 0 radical (unpaired) electrons. The number of nitrogens with one attached hydrogen (secondary N) is 2. The van der Waals surface area contributed by atoms with E-state index in [9.17, 15) is 9.59 Å². The molecule has 2 atom stereocenters. The van der Waals surface area contributed by atoms with Crippen LogP contribution >= 0.6 is 0 Å². The Kier molecular flexibility index (Phi) is 6.53. The molecule has 4 N–H and O–H groups in total. The Morgan fingerprint density at radius 2 is 1.79 bits per heavy atom. The van der Waals surface area contributed by atoms with E-state index in [1.54, 1.807) is 30.3 Å². The van der Waals surface area contributed by atoms with Crippen molar-refractivity contribution in [3.63, 3.8) is 0 Å². The number of primary amides is 1. The molecular formula is C25H28N6O2. The number of amides is 2. The molecule has 1 aromatic heterocycles. The first-order valence-electron chi connectivity index (χ1n) is 11.0. The first-order chi connectivity index (χ1) is 15.9. The molecule has 1 saturated carbocycles. The van der Waals surface area contributed by atoms with Gasteiger partial charge in [-0.25, -0.2) is 4.98 Å². The quantitative estimate of drug-likeness (QED) is 0.510. The van der Waals surface area contributed by atoms with Gasteiger partial charge in [0.05, 0.1) is 5.92 Å². The Morgan fingerprint density at radius 3 is 2.48 bits per heavy atom. The van der Waals surface area contributed by atoms with Crippen molar-refractivity contribution in [1.82, 2.24) is 9.97 Å². The SMILES string of the molecule is Cc1cnc(Nc2ccc(C(=O)N(C)c3ccccc3)cc2)nc1N[C@@H]1CCC[C@@H]1C(N)=O. The molecule has 3 aromatic rings. The van der Waals surface area contributed by atoms with E-state index in [1.807, 2.05) is 49.4 Å². The minimum absolute atomic E-state index is 0.0177. The lowest BCUT2D eigenvalue weighted by Gasteiger charge is -2.20. The molecule has 170 valence electrons. The van der Waals surface area contributed by atoms with Crippen molar-refractivity contribution in [2.45, 2.75) is 32.2 Å². The number of anilines is 4. The molecule has 0 saturated heterocycles. The molecule has 1 fully saturated rings. The average Bonchev–Trinajstić information content (AvgIpc) is 3.30. The minimum Gasteiger partial charge on any atom is -0.369 e. The van der Waals surface area contributed by atoms with Crippen LogP contribution in [0.25, 0.3) is 0 Å². The predicted molar refractivity (Wildman–Crippen MR) is 130 cm³/mol. The number of para-hydroxylation sites is 1. The summed E-state index contributed by atoms with van der Waals surface area (Å²) in [5.74, 6) is 0.558. The van der Waals surface area contributed by atoms with Crippen LogP contribution in [0.1, 0.15) is 35.2 Å². The van der Waals surface area contributed by atoms with Crippen LogP contribution in [-0.4, -0.2) is 34.9 Å². The summed E-state index contributed by atoms with van der Waals surface area (Å²) in [6.07, 6.45) is 4.38. The van der Waals surface area contributed by atoms with E-state index in [4.69, 9.17) is 5.73 Å². The summed E-state index contributed by atoms with van der Waals surface area (Å²) in [7, 11) is 1.76. The minimum atomic E-state index is -0.275. The van der Waals surface area contributed by atoms with E-state index in [2.05, 4.69) is 20.6 Å². The number of benzene rings is 2. The van der Waals surface area contributed by atoms with Gasteiger partial charge in [-0.1, -0.05) is 24.6 Å². The number of nitrogens with zero attached hydrogens (tertiary/aromatic N) is 3. The van der Waals surface area contributed by atoms with Crippen molar-refractivity contribution in [1.29, 1.82) is 0 Å². The molecule has 0 unspecified atom stereocenters. The summed E-state index contributed by atoms with van der Waals surface area (Å²) in [6, 6.07) is 16.7. The molecular weight excluding hydrogens is 416 g/mol. The zero-order valence-corrected chi connectivity index (χ0v) is 18.8. The van der Waals surface area contributed by atoms with Gasteiger partial charge in [0.25, 0.3) is 5.91 Å². The van der Waals surface area contributed by atoms with Crippen molar-refractivity contribution in [2.24, 2.45) is 11.7 Å². The van der Waals surface area contributed by atoms with Gasteiger partial charge in [0, 0.05) is 41.8 Å². The van der Waals surface area contributed by atoms with Gasteiger partial charge in [0.1, 0.15) is 5.82 Å². The van der Waals surface area contributed by atoms with Crippen molar-refractivity contribution in [2.75, 3.05) is 22.6 Å². The van der Waals surface area contributed by atoms with Gasteiger partial charge in [-0.3, -0.25) is 9.59 Å². The lowest BCUT2D eigenvalue weighted by molar-refractivity contribution is -0.121. The number of rotatable bonds is 7. The number of hydrogen-bond acceptors (Lipinski definition) is 6. The third kappa shape index (κ3) is 5.11. The molecule has 0 bridgehead atoms. The summed E-state index contributed by atoms with van der Waals surface area (Å²) in [4.78, 5) is 35.0. The fourth-order valence-electron chi connectivity index (χ4n) is 4.09. The van der Waals surface area contributed by atoms with Crippen molar-refractivity contribution in [3.05, 3.63) is 71.9 Å². The van der Waals surface area contributed by atoms with Crippen molar-refractivity contribution >= 4 is 35.0 Å². The molecule has 8 heteroatoms. The Bertz CT molecular complexity index is 1130. The third-order valence-electron chi connectivity index (χ3n) is 6.01. The molecule has 4 rings (SSSR count). The maximum Gasteiger partial charge on any atom is 0.258 e. The highest BCUT2D eigenvalue weighted by Crippen LogP contribution is 2.29. The number of nitrogens with two attached hydrogens (primary N) is 1. The van der Waals surface area contributed by atoms with Crippen LogP contribution in [0.4, 0.5) is 23.1 Å². The third-order valence-corrected chi connectivity index (χ3v) is 6.01. The first kappa shape index (κ1) is 22.3. The summed E-state index contributed by atoms with van der Waals surface area (Å²) in [5.41, 5.74) is 8.61. The zero-order valence-electron chi connectivity index (χ0n) is 18.8. The van der Waals surface area contributed by atoms with Gasteiger partial charge >= 0.3 is 0 Å². The highest BCUT2D eigenvalue weighted by Gasteiger charge is 2.32. The van der Waals surface area contributed by atoms with Crippen LogP contribution in [0, 0.1) is 12.8 Å². The Balaban J connectivity index is 1.44. The van der Waals surface area contributed by atoms with Crippen LogP contribution in [-0.2, 0) is 4.79 Å². The second-order valence-electron chi connectivity index (χ2n) is 8.32. The normalized spacial score (nSPS) is 17.4. The van der Waals surface area contributed by atoms with Gasteiger partial charge in [-0.2, -0.15) is 4.98 Å². The monoisotopic (exact) mass is 444 g/mol. The van der Waals surface area contributed by atoms with E-state index >= 15 is 0 Å². The second-order valence-corrected chi connectivity index (χ2v) is 8.32. The summed E-state index contributed by atoms with van der Waals surface area (Å²) in [6.45, 7) is 1.92. The van der Waals surface area contributed by atoms with E-state index in [-0.39, 0.29) is 23.8 Å².